The molecule has 2 N–H and O–H groups in total. The first kappa shape index (κ1) is 22.0. The average Bonchev–Trinajstić information content (AvgIpc) is 3.09. The third-order valence-corrected chi connectivity index (χ3v) is 5.12. The maximum atomic E-state index is 13.2. The minimum absolute atomic E-state index is 0.241. The van der Waals surface area contributed by atoms with Crippen molar-refractivity contribution in [1.29, 1.82) is 0 Å². The molecule has 0 aliphatic carbocycles. The van der Waals surface area contributed by atoms with Gasteiger partial charge in [-0.1, -0.05) is 63.2 Å². The third kappa shape index (κ3) is 5.08. The van der Waals surface area contributed by atoms with Gasteiger partial charge in [-0.2, -0.15) is 13.2 Å². The van der Waals surface area contributed by atoms with E-state index in [1.807, 2.05) is 45.0 Å². The van der Waals surface area contributed by atoms with Gasteiger partial charge in [-0.3, -0.25) is 20.2 Å². The first-order valence-corrected chi connectivity index (χ1v) is 9.79. The fraction of sp³-hybridized carbons (Fsp3) is 0.391. The Morgan fingerprint density at radius 3 is 2.47 bits per heavy atom. The lowest BCUT2D eigenvalue weighted by Crippen LogP contribution is -2.41. The molecule has 0 bridgehead atoms. The zero-order chi connectivity index (χ0) is 22.1. The largest absolute Gasteiger partial charge is 0.416 e. The molecule has 0 aromatic heterocycles. The van der Waals surface area contributed by atoms with Crippen molar-refractivity contribution in [3.05, 3.63) is 70.8 Å². The molecule has 2 unspecified atom stereocenters. The fourth-order valence-corrected chi connectivity index (χ4v) is 3.72. The molecule has 2 aromatic rings. The van der Waals surface area contributed by atoms with Crippen LogP contribution < -0.4 is 10.6 Å². The van der Waals surface area contributed by atoms with Gasteiger partial charge in [0.25, 0.3) is 0 Å². The number of rotatable bonds is 4. The molecule has 3 rings (SSSR count). The topological polar surface area (TPSA) is 58.2 Å². The van der Waals surface area contributed by atoms with Crippen molar-refractivity contribution in [2.24, 2.45) is 5.41 Å². The lowest BCUT2D eigenvalue weighted by Gasteiger charge is -2.26. The molecule has 1 aliphatic rings. The number of carbonyl (C=O) groups is 2. The molecule has 2 aromatic carbocycles. The van der Waals surface area contributed by atoms with Crippen molar-refractivity contribution in [3.8, 4) is 0 Å². The summed E-state index contributed by atoms with van der Waals surface area (Å²) >= 11 is 0. The van der Waals surface area contributed by atoms with Crippen molar-refractivity contribution in [2.45, 2.75) is 51.9 Å². The zero-order valence-electron chi connectivity index (χ0n) is 17.1. The maximum Gasteiger partial charge on any atom is 0.416 e. The molecule has 2 amide bonds. The molecule has 1 heterocycles. The van der Waals surface area contributed by atoms with Crippen LogP contribution in [-0.2, 0) is 22.3 Å². The normalized spacial score (nSPS) is 17.3. The molecule has 0 saturated carbocycles. The molecule has 2 atom stereocenters. The molecule has 4 nitrogen and oxygen atoms in total. The lowest BCUT2D eigenvalue weighted by molar-refractivity contribution is -0.138. The van der Waals surface area contributed by atoms with E-state index in [1.54, 1.807) is 0 Å². The number of imide groups is 1. The minimum Gasteiger partial charge on any atom is -0.298 e. The van der Waals surface area contributed by atoms with Crippen LogP contribution in [-0.4, -0.2) is 11.8 Å². The average molecular weight is 418 g/mol. The number of carbonyl (C=O) groups excluding carboxylic acids is 2. The smallest absolute Gasteiger partial charge is 0.298 e. The van der Waals surface area contributed by atoms with Crippen LogP contribution in [0.5, 0.6) is 0 Å². The van der Waals surface area contributed by atoms with Crippen LogP contribution in [0.3, 0.4) is 0 Å². The Hall–Kier alpha value is -2.67. The van der Waals surface area contributed by atoms with E-state index in [0.717, 1.165) is 23.3 Å². The highest BCUT2D eigenvalue weighted by Gasteiger charge is 2.35. The minimum atomic E-state index is -4.51. The van der Waals surface area contributed by atoms with Crippen LogP contribution in [0.4, 0.5) is 13.2 Å². The van der Waals surface area contributed by atoms with Crippen molar-refractivity contribution < 1.29 is 22.8 Å². The van der Waals surface area contributed by atoms with E-state index in [1.165, 1.54) is 12.1 Å². The molecule has 7 heteroatoms. The van der Waals surface area contributed by atoms with Crippen LogP contribution in [0, 0.1) is 5.41 Å². The Kier molecular flexibility index (Phi) is 6.04. The van der Waals surface area contributed by atoms with Gasteiger partial charge in [-0.25, -0.2) is 0 Å². The third-order valence-electron chi connectivity index (χ3n) is 5.12. The number of hydrogen-bond acceptors (Lipinski definition) is 3. The standard InChI is InChI=1S/C23H25F3N2O2/c1-22(2,3)12-18(14-8-6-9-16(11-14)23(24,25)26)20(29)28-21(30)19-17-10-5-4-7-15(17)13-27-19/h4-11,18-19,27H,12-13H2,1-3H3,(H,28,29,30). The monoisotopic (exact) mass is 418 g/mol. The van der Waals surface area contributed by atoms with E-state index in [9.17, 15) is 22.8 Å². The Bertz CT molecular complexity index is 948. The van der Waals surface area contributed by atoms with Crippen LogP contribution in [0.15, 0.2) is 48.5 Å². The predicted molar refractivity (Wildman–Crippen MR) is 107 cm³/mol. The number of alkyl halides is 3. The molecular weight excluding hydrogens is 393 g/mol. The summed E-state index contributed by atoms with van der Waals surface area (Å²) in [7, 11) is 0. The number of fused-ring (bicyclic) bond motifs is 1. The Balaban J connectivity index is 1.84. The zero-order valence-corrected chi connectivity index (χ0v) is 17.1. The lowest BCUT2D eigenvalue weighted by atomic mass is 9.80. The van der Waals surface area contributed by atoms with Crippen molar-refractivity contribution in [3.63, 3.8) is 0 Å². The number of hydrogen-bond donors (Lipinski definition) is 2. The molecule has 0 saturated heterocycles. The van der Waals surface area contributed by atoms with Crippen LogP contribution >= 0.6 is 0 Å². The summed E-state index contributed by atoms with van der Waals surface area (Å²) in [6.45, 7) is 6.22. The molecule has 0 radical (unpaired) electrons. The van der Waals surface area contributed by atoms with Crippen LogP contribution in [0.1, 0.15) is 61.4 Å². The Morgan fingerprint density at radius 2 is 1.80 bits per heavy atom. The fourth-order valence-electron chi connectivity index (χ4n) is 3.72. The summed E-state index contributed by atoms with van der Waals surface area (Å²) in [5, 5.41) is 5.49. The van der Waals surface area contributed by atoms with Gasteiger partial charge in [0.1, 0.15) is 6.04 Å². The summed E-state index contributed by atoms with van der Waals surface area (Å²) < 4.78 is 39.5. The Morgan fingerprint density at radius 1 is 1.10 bits per heavy atom. The second-order valence-electron chi connectivity index (χ2n) is 8.81. The molecular formula is C23H25F3N2O2. The Labute approximate surface area is 173 Å². The van der Waals surface area contributed by atoms with Crippen LogP contribution in [0.25, 0.3) is 0 Å². The molecule has 0 spiro atoms. The highest BCUT2D eigenvalue weighted by Crippen LogP contribution is 2.35. The van der Waals surface area contributed by atoms with E-state index in [2.05, 4.69) is 10.6 Å². The van der Waals surface area contributed by atoms with Gasteiger partial charge in [0.2, 0.25) is 11.8 Å². The highest BCUT2D eigenvalue weighted by atomic mass is 19.4. The van der Waals surface area contributed by atoms with Crippen molar-refractivity contribution >= 4 is 11.8 Å². The quantitative estimate of drug-likeness (QED) is 0.756. The summed E-state index contributed by atoms with van der Waals surface area (Å²) in [6.07, 6.45) is -4.21. The predicted octanol–water partition coefficient (Wildman–Crippen LogP) is 4.71. The first-order chi connectivity index (χ1) is 14.0. The van der Waals surface area contributed by atoms with Gasteiger partial charge >= 0.3 is 6.18 Å². The maximum absolute atomic E-state index is 13.2. The van der Waals surface area contributed by atoms with Crippen molar-refractivity contribution in [1.82, 2.24) is 10.6 Å². The number of nitrogens with one attached hydrogen (secondary N) is 2. The summed E-state index contributed by atoms with van der Waals surface area (Å²) in [5.74, 6) is -1.98. The first-order valence-electron chi connectivity index (χ1n) is 9.79. The molecule has 0 fully saturated rings. The van der Waals surface area contributed by atoms with E-state index < -0.39 is 35.5 Å². The van der Waals surface area contributed by atoms with Gasteiger partial charge in [0.15, 0.2) is 0 Å². The van der Waals surface area contributed by atoms with E-state index in [-0.39, 0.29) is 11.0 Å². The van der Waals surface area contributed by atoms with E-state index >= 15 is 0 Å². The van der Waals surface area contributed by atoms with Crippen LogP contribution in [0.2, 0.25) is 0 Å². The van der Waals surface area contributed by atoms with E-state index in [0.29, 0.717) is 13.0 Å². The highest BCUT2D eigenvalue weighted by molar-refractivity contribution is 6.01. The summed E-state index contributed by atoms with van der Waals surface area (Å²) in [4.78, 5) is 25.8. The summed E-state index contributed by atoms with van der Waals surface area (Å²) in [6, 6.07) is 11.5. The second kappa shape index (κ2) is 8.22. The number of benzene rings is 2. The number of halogens is 3. The molecule has 160 valence electrons. The molecule has 1 aliphatic heterocycles. The SMILES string of the molecule is CC(C)(C)CC(C(=O)NC(=O)C1NCc2ccccc21)c1cccc(C(F)(F)F)c1. The second-order valence-corrected chi connectivity index (χ2v) is 8.81. The van der Waals surface area contributed by atoms with Crippen molar-refractivity contribution in [2.75, 3.05) is 0 Å². The molecule has 30 heavy (non-hydrogen) atoms. The van der Waals surface area contributed by atoms with E-state index in [4.69, 9.17) is 0 Å². The number of amides is 2. The van der Waals surface area contributed by atoms with Gasteiger partial charge < -0.3 is 0 Å². The summed E-state index contributed by atoms with van der Waals surface area (Å²) in [5.41, 5.74) is 0.870. The van der Waals surface area contributed by atoms with Gasteiger partial charge in [0, 0.05) is 6.54 Å². The van der Waals surface area contributed by atoms with Gasteiger partial charge in [-0.05, 0) is 34.6 Å². The van der Waals surface area contributed by atoms with Gasteiger partial charge in [0.05, 0.1) is 11.5 Å². The van der Waals surface area contributed by atoms with Gasteiger partial charge in [-0.15, -0.1) is 0 Å².